The van der Waals surface area contributed by atoms with Crippen LogP contribution in [0.2, 0.25) is 5.02 Å². The molecule has 11 heteroatoms. The molecule has 2 aromatic rings. The molecule has 1 fully saturated rings. The van der Waals surface area contributed by atoms with Crippen LogP contribution < -0.4 is 11.1 Å². The number of aromatic nitrogens is 2. The van der Waals surface area contributed by atoms with Crippen LogP contribution in [-0.2, 0) is 11.8 Å². The molecule has 2 unspecified atom stereocenters. The van der Waals surface area contributed by atoms with Gasteiger partial charge in [0.05, 0.1) is 22.9 Å². The molecule has 1 aliphatic carbocycles. The van der Waals surface area contributed by atoms with Crippen LogP contribution in [0.25, 0.3) is 0 Å². The first-order valence-corrected chi connectivity index (χ1v) is 9.18. The molecule has 1 saturated carbocycles. The summed E-state index contributed by atoms with van der Waals surface area (Å²) in [7, 11) is 1.56. The van der Waals surface area contributed by atoms with E-state index in [-0.39, 0.29) is 40.9 Å². The minimum atomic E-state index is -2.98. The first-order chi connectivity index (χ1) is 13.6. The van der Waals surface area contributed by atoms with Gasteiger partial charge in [-0.1, -0.05) is 11.6 Å². The average molecular weight is 433 g/mol. The number of anilines is 2. The second-order valence-electron chi connectivity index (χ2n) is 7.09. The lowest BCUT2D eigenvalue weighted by atomic mass is 9.96. The fourth-order valence-electron chi connectivity index (χ4n) is 3.53. The van der Waals surface area contributed by atoms with Crippen molar-refractivity contribution in [2.24, 2.45) is 7.05 Å². The molecule has 1 heterocycles. The number of nitrogens with two attached hydrogens (primary N) is 1. The van der Waals surface area contributed by atoms with Crippen LogP contribution in [0, 0.1) is 5.82 Å². The van der Waals surface area contributed by atoms with Gasteiger partial charge < -0.3 is 20.9 Å². The number of rotatable bonds is 6. The first kappa shape index (κ1) is 21.4. The van der Waals surface area contributed by atoms with Gasteiger partial charge >= 0.3 is 6.61 Å². The SMILES string of the molecule is Cn1nc(C2CCC(O)(COC(F)F)C2)c(C(=O)Nc2ccc(F)c(Cl)c2)c1N. The number of hydrogen-bond donors (Lipinski definition) is 3. The zero-order valence-electron chi connectivity index (χ0n) is 15.5. The minimum Gasteiger partial charge on any atom is -0.387 e. The highest BCUT2D eigenvalue weighted by molar-refractivity contribution is 6.31. The lowest BCUT2D eigenvalue weighted by molar-refractivity contribution is -0.169. The maximum absolute atomic E-state index is 13.3. The number of halogens is 4. The lowest BCUT2D eigenvalue weighted by Gasteiger charge is -2.22. The first-order valence-electron chi connectivity index (χ1n) is 8.80. The molecule has 1 aromatic heterocycles. The Labute approximate surface area is 169 Å². The third-order valence-corrected chi connectivity index (χ3v) is 5.26. The zero-order chi connectivity index (χ0) is 21.3. The predicted octanol–water partition coefficient (Wildman–Crippen LogP) is 3.28. The summed E-state index contributed by atoms with van der Waals surface area (Å²) in [4.78, 5) is 12.8. The molecule has 0 saturated heterocycles. The fourth-order valence-corrected chi connectivity index (χ4v) is 3.71. The molecule has 2 atom stereocenters. The molecular weight excluding hydrogens is 413 g/mol. The maximum Gasteiger partial charge on any atom is 0.345 e. The van der Waals surface area contributed by atoms with E-state index in [0.717, 1.165) is 6.07 Å². The summed E-state index contributed by atoms with van der Waals surface area (Å²) < 4.78 is 43.5. The number of amides is 1. The molecular formula is C18H20ClF3N4O3. The number of hydrogen-bond acceptors (Lipinski definition) is 5. The number of aliphatic hydroxyl groups is 1. The molecule has 4 N–H and O–H groups in total. The molecule has 7 nitrogen and oxygen atoms in total. The van der Waals surface area contributed by atoms with Crippen LogP contribution in [0.1, 0.15) is 41.2 Å². The van der Waals surface area contributed by atoms with Crippen molar-refractivity contribution in [3.05, 3.63) is 40.3 Å². The van der Waals surface area contributed by atoms with Gasteiger partial charge in [0.15, 0.2) is 0 Å². The Kier molecular flexibility index (Phi) is 6.06. The normalized spacial score (nSPS) is 21.7. The smallest absolute Gasteiger partial charge is 0.345 e. The van der Waals surface area contributed by atoms with Crippen molar-refractivity contribution in [3.63, 3.8) is 0 Å². The van der Waals surface area contributed by atoms with Gasteiger partial charge in [-0.2, -0.15) is 13.9 Å². The van der Waals surface area contributed by atoms with E-state index >= 15 is 0 Å². The van der Waals surface area contributed by atoms with Gasteiger partial charge in [0.2, 0.25) is 0 Å². The third-order valence-electron chi connectivity index (χ3n) is 4.97. The standard InChI is InChI=1S/C18H20ClF3N4O3/c1-26-15(23)13(16(27)24-10-2-3-12(20)11(19)6-10)14(25-26)9-4-5-18(28,7-9)8-29-17(21)22/h2-3,6,9,17,28H,4-5,7-8,23H2,1H3,(H,24,27). The van der Waals surface area contributed by atoms with Crippen molar-refractivity contribution in [2.45, 2.75) is 37.4 Å². The summed E-state index contributed by atoms with van der Waals surface area (Å²) in [6.07, 6.45) is 0.733. The van der Waals surface area contributed by atoms with E-state index in [2.05, 4.69) is 15.2 Å². The van der Waals surface area contributed by atoms with Gasteiger partial charge in [-0.15, -0.1) is 0 Å². The van der Waals surface area contributed by atoms with Gasteiger partial charge in [-0.25, -0.2) is 4.39 Å². The number of aryl methyl sites for hydroxylation is 1. The summed E-state index contributed by atoms with van der Waals surface area (Å²) in [5.41, 5.74) is 5.30. The molecule has 29 heavy (non-hydrogen) atoms. The number of nitrogens with one attached hydrogen (secondary N) is 1. The highest BCUT2D eigenvalue weighted by Crippen LogP contribution is 2.43. The van der Waals surface area contributed by atoms with Crippen LogP contribution in [0.3, 0.4) is 0 Å². The van der Waals surface area contributed by atoms with Gasteiger partial charge in [-0.3, -0.25) is 9.48 Å². The number of nitrogens with zero attached hydrogens (tertiary/aromatic N) is 2. The zero-order valence-corrected chi connectivity index (χ0v) is 16.2. The summed E-state index contributed by atoms with van der Waals surface area (Å²) in [5, 5.41) is 17.2. The van der Waals surface area contributed by atoms with Crippen LogP contribution >= 0.6 is 11.6 Å². The van der Waals surface area contributed by atoms with Gasteiger partial charge in [0.1, 0.15) is 17.2 Å². The van der Waals surface area contributed by atoms with E-state index in [0.29, 0.717) is 12.1 Å². The van der Waals surface area contributed by atoms with E-state index in [9.17, 15) is 23.1 Å². The maximum atomic E-state index is 13.3. The van der Waals surface area contributed by atoms with Crippen LogP contribution in [0.5, 0.6) is 0 Å². The molecule has 1 amide bonds. The van der Waals surface area contributed by atoms with E-state index in [1.807, 2.05) is 0 Å². The van der Waals surface area contributed by atoms with Crippen LogP contribution in [0.4, 0.5) is 24.7 Å². The Morgan fingerprint density at radius 1 is 1.55 bits per heavy atom. The Balaban J connectivity index is 1.82. The van der Waals surface area contributed by atoms with E-state index in [1.165, 1.54) is 16.8 Å². The number of carbonyl (C=O) groups excluding carboxylic acids is 1. The number of nitrogen functional groups attached to an aromatic ring is 1. The van der Waals surface area contributed by atoms with Crippen molar-refractivity contribution in [2.75, 3.05) is 17.7 Å². The van der Waals surface area contributed by atoms with Gasteiger partial charge in [0, 0.05) is 18.7 Å². The Bertz CT molecular complexity index is 924. The molecule has 158 valence electrons. The van der Waals surface area contributed by atoms with E-state index in [4.69, 9.17) is 17.3 Å². The van der Waals surface area contributed by atoms with Gasteiger partial charge in [0.25, 0.3) is 5.91 Å². The lowest BCUT2D eigenvalue weighted by Crippen LogP contribution is -2.32. The minimum absolute atomic E-state index is 0.0961. The summed E-state index contributed by atoms with van der Waals surface area (Å²) in [5.74, 6) is -1.47. The van der Waals surface area contributed by atoms with E-state index in [1.54, 1.807) is 7.05 Å². The summed E-state index contributed by atoms with van der Waals surface area (Å²) in [6, 6.07) is 3.73. The van der Waals surface area contributed by atoms with Crippen molar-refractivity contribution < 1.29 is 27.8 Å². The highest BCUT2D eigenvalue weighted by atomic mass is 35.5. The number of carbonyl (C=O) groups is 1. The Morgan fingerprint density at radius 3 is 2.93 bits per heavy atom. The molecule has 0 aliphatic heterocycles. The second-order valence-corrected chi connectivity index (χ2v) is 7.50. The van der Waals surface area contributed by atoms with Gasteiger partial charge in [-0.05, 0) is 37.5 Å². The van der Waals surface area contributed by atoms with Crippen molar-refractivity contribution >= 4 is 29.0 Å². The van der Waals surface area contributed by atoms with Crippen LogP contribution in [0.15, 0.2) is 18.2 Å². The highest BCUT2D eigenvalue weighted by Gasteiger charge is 2.41. The molecule has 0 spiro atoms. The van der Waals surface area contributed by atoms with Crippen molar-refractivity contribution in [1.82, 2.24) is 9.78 Å². The quantitative estimate of drug-likeness (QED) is 0.650. The topological polar surface area (TPSA) is 102 Å². The Hall–Kier alpha value is -2.30. The fraction of sp³-hybridized carbons (Fsp3) is 0.444. The number of ether oxygens (including phenoxy) is 1. The van der Waals surface area contributed by atoms with Crippen molar-refractivity contribution in [1.29, 1.82) is 0 Å². The van der Waals surface area contributed by atoms with Crippen LogP contribution in [-0.4, -0.2) is 39.6 Å². The molecule has 1 aliphatic rings. The monoisotopic (exact) mass is 432 g/mol. The third kappa shape index (κ3) is 4.65. The molecule has 0 radical (unpaired) electrons. The average Bonchev–Trinajstić information content (AvgIpc) is 3.18. The summed E-state index contributed by atoms with van der Waals surface area (Å²) >= 11 is 5.74. The van der Waals surface area contributed by atoms with Crippen molar-refractivity contribution in [3.8, 4) is 0 Å². The molecule has 0 bridgehead atoms. The molecule has 3 rings (SSSR count). The number of benzene rings is 1. The Morgan fingerprint density at radius 2 is 2.28 bits per heavy atom. The second kappa shape index (κ2) is 8.21. The largest absolute Gasteiger partial charge is 0.387 e. The number of alkyl halides is 2. The summed E-state index contributed by atoms with van der Waals surface area (Å²) in [6.45, 7) is -3.49. The molecule has 1 aromatic carbocycles. The van der Waals surface area contributed by atoms with E-state index < -0.39 is 30.5 Å². The predicted molar refractivity (Wildman–Crippen MR) is 100 cm³/mol.